The van der Waals surface area contributed by atoms with E-state index in [2.05, 4.69) is 0 Å². The summed E-state index contributed by atoms with van der Waals surface area (Å²) < 4.78 is 12.9. The van der Waals surface area contributed by atoms with E-state index in [-0.39, 0.29) is 11.7 Å². The van der Waals surface area contributed by atoms with Crippen LogP contribution in [0.3, 0.4) is 0 Å². The van der Waals surface area contributed by atoms with E-state index in [0.29, 0.717) is 39.8 Å². The summed E-state index contributed by atoms with van der Waals surface area (Å²) in [5.74, 6) is -1.80. The monoisotopic (exact) mass is 429 g/mol. The Morgan fingerprint density at radius 1 is 0.938 bits per heavy atom. The lowest BCUT2D eigenvalue weighted by Gasteiger charge is -2.18. The molecule has 0 heterocycles. The number of carbonyl (C=O) groups is 2. The van der Waals surface area contributed by atoms with Gasteiger partial charge in [0.2, 0.25) is 0 Å². The van der Waals surface area contributed by atoms with Gasteiger partial charge in [0.05, 0.1) is 17.6 Å². The molecule has 5 heteroatoms. The fraction of sp³-hybridized carbons (Fsp3) is 0.222. The molecule has 0 radical (unpaired) electrons. The van der Waals surface area contributed by atoms with Crippen molar-refractivity contribution < 1.29 is 19.1 Å². The van der Waals surface area contributed by atoms with Gasteiger partial charge in [0, 0.05) is 11.1 Å². The predicted octanol–water partition coefficient (Wildman–Crippen LogP) is 6.14. The van der Waals surface area contributed by atoms with Crippen LogP contribution in [0.1, 0.15) is 58.8 Å². The molecule has 1 unspecified atom stereocenters. The van der Waals surface area contributed by atoms with Gasteiger partial charge in [-0.15, -0.1) is 0 Å². The molecule has 0 aliphatic carbocycles. The van der Waals surface area contributed by atoms with Crippen LogP contribution in [0.2, 0.25) is 0 Å². The van der Waals surface area contributed by atoms with Gasteiger partial charge in [-0.25, -0.2) is 4.39 Å². The summed E-state index contributed by atoms with van der Waals surface area (Å²) in [7, 11) is 0. The SMILES string of the molecule is CC(C)CC(C(=O)O)c1cc(C(=O)c2ccc(C#N)cc2)cc(-c2ccc(CF)cc2)c1. The van der Waals surface area contributed by atoms with E-state index in [1.807, 2.05) is 19.9 Å². The number of aliphatic carboxylic acids is 1. The van der Waals surface area contributed by atoms with Crippen LogP contribution in [-0.2, 0) is 11.5 Å². The van der Waals surface area contributed by atoms with Crippen LogP contribution in [0.25, 0.3) is 11.1 Å². The maximum absolute atomic E-state index is 13.2. The van der Waals surface area contributed by atoms with Crippen LogP contribution in [0.5, 0.6) is 0 Å². The number of benzene rings is 3. The van der Waals surface area contributed by atoms with E-state index in [9.17, 15) is 19.1 Å². The average molecular weight is 429 g/mol. The molecule has 32 heavy (non-hydrogen) atoms. The molecule has 1 N–H and O–H groups in total. The standard InChI is InChI=1S/C27H24FNO3/c1-17(2)11-25(27(31)32)23-12-22(20-7-3-18(15-28)4-8-20)13-24(14-23)26(30)21-9-5-19(16-29)6-10-21/h3-10,12-14,17,25H,11,15H2,1-2H3,(H,31,32). The summed E-state index contributed by atoms with van der Waals surface area (Å²) in [6.45, 7) is 3.34. The van der Waals surface area contributed by atoms with Gasteiger partial charge < -0.3 is 5.11 Å². The highest BCUT2D eigenvalue weighted by Crippen LogP contribution is 2.31. The van der Waals surface area contributed by atoms with Gasteiger partial charge in [-0.05, 0) is 71.0 Å². The molecule has 3 rings (SSSR count). The Labute approximate surface area is 187 Å². The van der Waals surface area contributed by atoms with E-state index >= 15 is 0 Å². The van der Waals surface area contributed by atoms with E-state index in [1.165, 1.54) is 0 Å². The highest BCUT2D eigenvalue weighted by molar-refractivity contribution is 6.09. The molecule has 0 aromatic heterocycles. The lowest BCUT2D eigenvalue weighted by Crippen LogP contribution is -2.15. The normalized spacial score (nSPS) is 11.7. The topological polar surface area (TPSA) is 78.2 Å². The number of carbonyl (C=O) groups excluding carboxylic acids is 1. The Balaban J connectivity index is 2.13. The summed E-state index contributed by atoms with van der Waals surface area (Å²) in [6, 6.07) is 20.4. The number of hydrogen-bond donors (Lipinski definition) is 1. The van der Waals surface area contributed by atoms with Crippen molar-refractivity contribution in [1.82, 2.24) is 0 Å². The van der Waals surface area contributed by atoms with Crippen LogP contribution >= 0.6 is 0 Å². The third kappa shape index (κ3) is 5.28. The van der Waals surface area contributed by atoms with Gasteiger partial charge >= 0.3 is 5.97 Å². The van der Waals surface area contributed by atoms with Crippen LogP contribution in [0, 0.1) is 17.2 Å². The summed E-state index contributed by atoms with van der Waals surface area (Å²) in [5, 5.41) is 18.8. The Kier molecular flexibility index (Phi) is 7.17. The lowest BCUT2D eigenvalue weighted by atomic mass is 9.86. The predicted molar refractivity (Wildman–Crippen MR) is 121 cm³/mol. The van der Waals surface area contributed by atoms with E-state index in [1.54, 1.807) is 66.7 Å². The second-order valence-electron chi connectivity index (χ2n) is 8.21. The Bertz CT molecular complexity index is 1160. The first-order valence-corrected chi connectivity index (χ1v) is 10.4. The second-order valence-corrected chi connectivity index (χ2v) is 8.21. The largest absolute Gasteiger partial charge is 0.481 e. The summed E-state index contributed by atoms with van der Waals surface area (Å²) in [6.07, 6.45) is 0.435. The summed E-state index contributed by atoms with van der Waals surface area (Å²) >= 11 is 0. The third-order valence-corrected chi connectivity index (χ3v) is 5.34. The van der Waals surface area contributed by atoms with Crippen LogP contribution in [0.4, 0.5) is 4.39 Å². The molecule has 3 aromatic rings. The minimum absolute atomic E-state index is 0.154. The van der Waals surface area contributed by atoms with Crippen molar-refractivity contribution in [2.24, 2.45) is 5.92 Å². The molecule has 0 saturated carbocycles. The Hall–Kier alpha value is -3.78. The van der Waals surface area contributed by atoms with Crippen LogP contribution in [0.15, 0.2) is 66.7 Å². The number of carboxylic acid groups (broad SMARTS) is 1. The van der Waals surface area contributed by atoms with Gasteiger partial charge in [0.15, 0.2) is 5.78 Å². The number of hydrogen-bond acceptors (Lipinski definition) is 3. The molecule has 3 aromatic carbocycles. The number of nitriles is 1. The first-order valence-electron chi connectivity index (χ1n) is 10.4. The maximum Gasteiger partial charge on any atom is 0.310 e. The molecule has 0 saturated heterocycles. The molecule has 4 nitrogen and oxygen atoms in total. The van der Waals surface area contributed by atoms with Gasteiger partial charge in [-0.1, -0.05) is 44.2 Å². The fourth-order valence-electron chi connectivity index (χ4n) is 3.65. The van der Waals surface area contributed by atoms with Gasteiger partial charge in [0.1, 0.15) is 6.67 Å². The number of nitrogens with zero attached hydrogens (tertiary/aromatic N) is 1. The number of alkyl halides is 1. The van der Waals surface area contributed by atoms with Crippen molar-refractivity contribution in [1.29, 1.82) is 5.26 Å². The number of ketones is 1. The quantitative estimate of drug-likeness (QED) is 0.436. The molecule has 0 aliphatic rings. The van der Waals surface area contributed by atoms with Gasteiger partial charge in [0.25, 0.3) is 0 Å². The molecule has 0 aliphatic heterocycles. The van der Waals surface area contributed by atoms with E-state index in [4.69, 9.17) is 5.26 Å². The number of carboxylic acids is 1. The van der Waals surface area contributed by atoms with Crippen LogP contribution < -0.4 is 0 Å². The first-order chi connectivity index (χ1) is 15.3. The number of halogens is 1. The second kappa shape index (κ2) is 10.0. The zero-order chi connectivity index (χ0) is 23.3. The minimum Gasteiger partial charge on any atom is -0.481 e. The van der Waals surface area contributed by atoms with Crippen molar-refractivity contribution in [2.45, 2.75) is 32.9 Å². The Morgan fingerprint density at radius 3 is 2.12 bits per heavy atom. The zero-order valence-corrected chi connectivity index (χ0v) is 18.0. The fourth-order valence-corrected chi connectivity index (χ4v) is 3.65. The van der Waals surface area contributed by atoms with Crippen molar-refractivity contribution in [3.8, 4) is 17.2 Å². The zero-order valence-electron chi connectivity index (χ0n) is 18.0. The molecule has 0 fully saturated rings. The average Bonchev–Trinajstić information content (AvgIpc) is 2.81. The summed E-state index contributed by atoms with van der Waals surface area (Å²) in [4.78, 5) is 25.2. The molecule has 0 spiro atoms. The molecule has 0 bridgehead atoms. The molecular weight excluding hydrogens is 405 g/mol. The van der Waals surface area contributed by atoms with Crippen molar-refractivity contribution in [3.05, 3.63) is 94.5 Å². The van der Waals surface area contributed by atoms with Crippen molar-refractivity contribution in [2.75, 3.05) is 0 Å². The third-order valence-electron chi connectivity index (χ3n) is 5.34. The van der Waals surface area contributed by atoms with Crippen LogP contribution in [-0.4, -0.2) is 16.9 Å². The van der Waals surface area contributed by atoms with Crippen molar-refractivity contribution in [3.63, 3.8) is 0 Å². The maximum atomic E-state index is 13.2. The Morgan fingerprint density at radius 2 is 1.59 bits per heavy atom. The highest BCUT2D eigenvalue weighted by Gasteiger charge is 2.23. The van der Waals surface area contributed by atoms with Crippen molar-refractivity contribution >= 4 is 11.8 Å². The molecule has 1 atom stereocenters. The smallest absolute Gasteiger partial charge is 0.310 e. The molecule has 162 valence electrons. The molecule has 0 amide bonds. The summed E-state index contributed by atoms with van der Waals surface area (Å²) in [5.41, 5.74) is 3.79. The van der Waals surface area contributed by atoms with Gasteiger partial charge in [-0.3, -0.25) is 9.59 Å². The molecular formula is C27H24FNO3. The van der Waals surface area contributed by atoms with E-state index in [0.717, 1.165) is 5.56 Å². The number of rotatable bonds is 8. The highest BCUT2D eigenvalue weighted by atomic mass is 19.1. The minimum atomic E-state index is -0.944. The van der Waals surface area contributed by atoms with E-state index < -0.39 is 18.6 Å². The lowest BCUT2D eigenvalue weighted by molar-refractivity contribution is -0.139. The first kappa shape index (κ1) is 22.9. The van der Waals surface area contributed by atoms with Gasteiger partial charge in [-0.2, -0.15) is 5.26 Å².